The number of hydrogen-bond acceptors (Lipinski definition) is 1. The molecule has 0 aliphatic heterocycles. The Morgan fingerprint density at radius 1 is 1.30 bits per heavy atom. The zero-order valence-corrected chi connectivity index (χ0v) is 7.00. The topological polar surface area (TPSA) is 17.1 Å². The first kappa shape index (κ1) is 6.93. The minimum absolute atomic E-state index is 0.149. The van der Waals surface area contributed by atoms with E-state index in [4.69, 9.17) is 23.2 Å². The highest BCUT2D eigenvalue weighted by atomic mass is 35.5. The molecular formula is C7H8Cl2O. The molecule has 2 rings (SSSR count). The van der Waals surface area contributed by atoms with Crippen LogP contribution in [-0.4, -0.2) is 15.5 Å². The van der Waals surface area contributed by atoms with Gasteiger partial charge in [-0.05, 0) is 19.3 Å². The molecular weight excluding hydrogens is 171 g/mol. The number of Topliss-reactive ketones (excluding diaryl/α,β-unsaturated/α-hetero) is 1. The van der Waals surface area contributed by atoms with E-state index in [1.165, 1.54) is 0 Å². The van der Waals surface area contributed by atoms with Gasteiger partial charge in [-0.1, -0.05) is 0 Å². The number of hydrogen-bond donors (Lipinski definition) is 0. The molecule has 0 N–H and O–H groups in total. The normalized spacial score (nSPS) is 52.4. The van der Waals surface area contributed by atoms with Gasteiger partial charge in [0, 0.05) is 6.42 Å². The van der Waals surface area contributed by atoms with Crippen molar-refractivity contribution in [2.45, 2.75) is 35.4 Å². The van der Waals surface area contributed by atoms with Gasteiger partial charge in [-0.2, -0.15) is 0 Å². The molecule has 0 saturated heterocycles. The van der Waals surface area contributed by atoms with Crippen LogP contribution < -0.4 is 0 Å². The molecule has 0 aromatic rings. The lowest BCUT2D eigenvalue weighted by Crippen LogP contribution is -2.26. The molecule has 2 aliphatic rings. The Balaban J connectivity index is 2.36. The summed E-state index contributed by atoms with van der Waals surface area (Å²) < 4.78 is 0. The summed E-state index contributed by atoms with van der Waals surface area (Å²) in [6.07, 6.45) is 2.85. The molecule has 0 aromatic carbocycles. The number of fused-ring (bicyclic) bond motifs is 2. The fourth-order valence-corrected chi connectivity index (χ4v) is 2.87. The summed E-state index contributed by atoms with van der Waals surface area (Å²) in [4.78, 5) is 10.3. The Bertz CT molecular complexity index is 204. The van der Waals surface area contributed by atoms with Crippen LogP contribution in [0.4, 0.5) is 0 Å². The first-order chi connectivity index (χ1) is 4.54. The van der Waals surface area contributed by atoms with Crippen LogP contribution in [0, 0.1) is 0 Å². The Kier molecular flexibility index (Phi) is 1.18. The first-order valence-electron chi connectivity index (χ1n) is 3.45. The fraction of sp³-hybridized carbons (Fsp3) is 0.857. The number of alkyl halides is 2. The zero-order chi connectivity index (χ0) is 7.41. The van der Waals surface area contributed by atoms with E-state index >= 15 is 0 Å². The lowest BCUT2D eigenvalue weighted by molar-refractivity contribution is -0.120. The average Bonchev–Trinajstić information content (AvgIpc) is 2.17. The van der Waals surface area contributed by atoms with E-state index in [2.05, 4.69) is 0 Å². The van der Waals surface area contributed by atoms with E-state index in [0.29, 0.717) is 12.8 Å². The van der Waals surface area contributed by atoms with Crippen LogP contribution in [0.3, 0.4) is 0 Å². The minimum atomic E-state index is -0.568. The van der Waals surface area contributed by atoms with Gasteiger partial charge >= 0.3 is 0 Å². The largest absolute Gasteiger partial charge is 0.298 e. The predicted octanol–water partition coefficient (Wildman–Crippen LogP) is 2.10. The molecule has 2 atom stereocenters. The van der Waals surface area contributed by atoms with Crippen LogP contribution >= 0.6 is 23.2 Å². The lowest BCUT2D eigenvalue weighted by atomic mass is 9.98. The van der Waals surface area contributed by atoms with Crippen molar-refractivity contribution in [2.75, 3.05) is 0 Å². The van der Waals surface area contributed by atoms with E-state index in [0.717, 1.165) is 12.8 Å². The van der Waals surface area contributed by atoms with Crippen molar-refractivity contribution in [3.8, 4) is 0 Å². The molecule has 3 heteroatoms. The highest BCUT2D eigenvalue weighted by Crippen LogP contribution is 2.55. The van der Waals surface area contributed by atoms with Crippen LogP contribution in [0.2, 0.25) is 0 Å². The predicted molar refractivity (Wildman–Crippen MR) is 40.6 cm³/mol. The molecule has 56 valence electrons. The second-order valence-electron chi connectivity index (χ2n) is 3.39. The third kappa shape index (κ3) is 0.737. The van der Waals surface area contributed by atoms with E-state index in [9.17, 15) is 4.79 Å². The molecule has 2 saturated carbocycles. The summed E-state index contributed by atoms with van der Waals surface area (Å²) in [5, 5.41) is 0. The quantitative estimate of drug-likeness (QED) is 0.520. The molecule has 0 radical (unpaired) electrons. The standard InChI is InChI=1S/C7H8Cl2O/c8-6-1-2-7(9,4-6)5(10)3-6/h1-4H2. The summed E-state index contributed by atoms with van der Waals surface area (Å²) in [7, 11) is 0. The Morgan fingerprint density at radius 3 is 2.20 bits per heavy atom. The van der Waals surface area contributed by atoms with E-state index in [-0.39, 0.29) is 10.7 Å². The second kappa shape index (κ2) is 1.70. The van der Waals surface area contributed by atoms with Gasteiger partial charge in [0.15, 0.2) is 5.78 Å². The van der Waals surface area contributed by atoms with Crippen molar-refractivity contribution in [2.24, 2.45) is 0 Å². The smallest absolute Gasteiger partial charge is 0.155 e. The summed E-state index contributed by atoms with van der Waals surface area (Å²) in [5.74, 6) is 0.149. The average molecular weight is 179 g/mol. The van der Waals surface area contributed by atoms with Crippen LogP contribution in [0.25, 0.3) is 0 Å². The third-order valence-corrected chi connectivity index (χ3v) is 3.53. The van der Waals surface area contributed by atoms with Gasteiger partial charge in [0.2, 0.25) is 0 Å². The maximum Gasteiger partial charge on any atom is 0.155 e. The fourth-order valence-electron chi connectivity index (χ4n) is 1.94. The van der Waals surface area contributed by atoms with Crippen LogP contribution in [-0.2, 0) is 4.79 Å². The van der Waals surface area contributed by atoms with Crippen molar-refractivity contribution in [3.63, 3.8) is 0 Å². The van der Waals surface area contributed by atoms with Gasteiger partial charge in [-0.3, -0.25) is 4.79 Å². The van der Waals surface area contributed by atoms with Gasteiger partial charge < -0.3 is 0 Å². The number of carbonyl (C=O) groups excluding carboxylic acids is 1. The summed E-state index contributed by atoms with van der Waals surface area (Å²) in [5.41, 5.74) is 0. The Hall–Kier alpha value is 0.250. The maximum atomic E-state index is 11.1. The van der Waals surface area contributed by atoms with Crippen LogP contribution in [0.5, 0.6) is 0 Å². The number of halogens is 2. The van der Waals surface area contributed by atoms with Crippen molar-refractivity contribution < 1.29 is 4.79 Å². The Labute approximate surface area is 69.7 Å². The van der Waals surface area contributed by atoms with E-state index in [1.54, 1.807) is 0 Å². The summed E-state index contributed by atoms with van der Waals surface area (Å²) in [6, 6.07) is 0. The molecule has 2 fully saturated rings. The molecule has 0 spiro atoms. The van der Waals surface area contributed by atoms with Gasteiger partial charge in [-0.25, -0.2) is 0 Å². The third-order valence-electron chi connectivity index (χ3n) is 2.54. The van der Waals surface area contributed by atoms with Crippen molar-refractivity contribution >= 4 is 29.0 Å². The van der Waals surface area contributed by atoms with Crippen LogP contribution in [0.15, 0.2) is 0 Å². The Morgan fingerprint density at radius 2 is 2.00 bits per heavy atom. The van der Waals surface area contributed by atoms with Gasteiger partial charge in [0.25, 0.3) is 0 Å². The molecule has 2 unspecified atom stereocenters. The van der Waals surface area contributed by atoms with Gasteiger partial charge in [0.05, 0.1) is 4.87 Å². The molecule has 0 amide bonds. The molecule has 2 bridgehead atoms. The van der Waals surface area contributed by atoms with E-state index < -0.39 is 4.87 Å². The zero-order valence-electron chi connectivity index (χ0n) is 5.49. The SMILES string of the molecule is O=C1CC2(Cl)CCC1(Cl)C2. The van der Waals surface area contributed by atoms with Crippen molar-refractivity contribution in [1.29, 1.82) is 0 Å². The first-order valence-corrected chi connectivity index (χ1v) is 4.21. The number of ketones is 1. The van der Waals surface area contributed by atoms with Crippen molar-refractivity contribution in [3.05, 3.63) is 0 Å². The highest BCUT2D eigenvalue weighted by molar-refractivity contribution is 6.40. The van der Waals surface area contributed by atoms with Gasteiger partial charge in [-0.15, -0.1) is 23.2 Å². The lowest BCUT2D eigenvalue weighted by Gasteiger charge is -2.17. The molecule has 1 nitrogen and oxygen atoms in total. The van der Waals surface area contributed by atoms with Crippen molar-refractivity contribution in [1.82, 2.24) is 0 Å². The monoisotopic (exact) mass is 178 g/mol. The van der Waals surface area contributed by atoms with E-state index in [1.807, 2.05) is 0 Å². The summed E-state index contributed by atoms with van der Waals surface area (Å²) in [6.45, 7) is 0. The summed E-state index contributed by atoms with van der Waals surface area (Å²) >= 11 is 12.1. The maximum absolute atomic E-state index is 11.1. The molecule has 0 aromatic heterocycles. The van der Waals surface area contributed by atoms with Crippen LogP contribution in [0.1, 0.15) is 25.7 Å². The molecule has 2 aliphatic carbocycles. The molecule has 10 heavy (non-hydrogen) atoms. The second-order valence-corrected chi connectivity index (χ2v) is 4.92. The number of carbonyl (C=O) groups is 1. The minimum Gasteiger partial charge on any atom is -0.298 e. The molecule has 0 heterocycles. The highest BCUT2D eigenvalue weighted by Gasteiger charge is 2.58. The number of rotatable bonds is 0. The van der Waals surface area contributed by atoms with Gasteiger partial charge in [0.1, 0.15) is 4.87 Å².